The number of carbonyl (C=O) groups excluding carboxylic acids is 2. The molecule has 0 heterocycles. The van der Waals surface area contributed by atoms with E-state index in [9.17, 15) is 9.59 Å². The van der Waals surface area contributed by atoms with Crippen molar-refractivity contribution in [2.75, 3.05) is 7.11 Å². The van der Waals surface area contributed by atoms with E-state index >= 15 is 0 Å². The number of aldehydes is 1. The van der Waals surface area contributed by atoms with Crippen LogP contribution in [0.2, 0.25) is 0 Å². The zero-order valence-corrected chi connectivity index (χ0v) is 16.0. The second kappa shape index (κ2) is 9.34. The fourth-order valence-corrected chi connectivity index (χ4v) is 5.10. The van der Waals surface area contributed by atoms with E-state index in [4.69, 9.17) is 4.74 Å². The van der Waals surface area contributed by atoms with Crippen molar-refractivity contribution in [3.63, 3.8) is 0 Å². The Labute approximate surface area is 157 Å². The van der Waals surface area contributed by atoms with Crippen LogP contribution in [0.5, 0.6) is 0 Å². The number of hydrogen-bond acceptors (Lipinski definition) is 3. The molecule has 2 fully saturated rings. The molecule has 26 heavy (non-hydrogen) atoms. The van der Waals surface area contributed by atoms with Crippen molar-refractivity contribution >= 4 is 12.3 Å². The molecule has 0 saturated heterocycles. The fourth-order valence-electron chi connectivity index (χ4n) is 5.10. The molecule has 0 amide bonds. The molecule has 0 bridgehead atoms. The second-order valence-electron chi connectivity index (χ2n) is 8.19. The average molecular weight is 357 g/mol. The van der Waals surface area contributed by atoms with Gasteiger partial charge in [0.25, 0.3) is 0 Å². The summed E-state index contributed by atoms with van der Waals surface area (Å²) in [5.41, 5.74) is 2.73. The Morgan fingerprint density at radius 2 is 1.54 bits per heavy atom. The summed E-state index contributed by atoms with van der Waals surface area (Å²) in [5.74, 6) is 2.48. The van der Waals surface area contributed by atoms with Crippen LogP contribution in [-0.4, -0.2) is 19.4 Å². The molecule has 0 aliphatic heterocycles. The number of methoxy groups -OCH3 is 1. The number of ether oxygens (including phenoxy) is 1. The topological polar surface area (TPSA) is 43.4 Å². The van der Waals surface area contributed by atoms with Crippen LogP contribution in [0.3, 0.4) is 0 Å². The summed E-state index contributed by atoms with van der Waals surface area (Å²) in [4.78, 5) is 22.2. The molecule has 2 saturated carbocycles. The van der Waals surface area contributed by atoms with Gasteiger partial charge in [0.2, 0.25) is 0 Å². The summed E-state index contributed by atoms with van der Waals surface area (Å²) in [6.45, 7) is 0. The molecule has 1 aromatic rings. The van der Waals surface area contributed by atoms with Crippen LogP contribution in [0, 0.1) is 17.8 Å². The first-order valence-corrected chi connectivity index (χ1v) is 10.3. The van der Waals surface area contributed by atoms with E-state index in [0.29, 0.717) is 12.3 Å². The first-order valence-electron chi connectivity index (χ1n) is 10.3. The highest BCUT2D eigenvalue weighted by molar-refractivity contribution is 5.72. The highest BCUT2D eigenvalue weighted by atomic mass is 16.5. The molecular formula is C23H32O3. The van der Waals surface area contributed by atoms with E-state index < -0.39 is 0 Å². The van der Waals surface area contributed by atoms with Crippen LogP contribution in [-0.2, 0) is 20.7 Å². The van der Waals surface area contributed by atoms with E-state index in [1.54, 1.807) is 0 Å². The van der Waals surface area contributed by atoms with E-state index in [0.717, 1.165) is 37.4 Å². The first-order chi connectivity index (χ1) is 12.7. The van der Waals surface area contributed by atoms with Gasteiger partial charge in [0.1, 0.15) is 6.29 Å². The summed E-state index contributed by atoms with van der Waals surface area (Å²) in [6.07, 6.45) is 12.1. The Balaban J connectivity index is 1.46. The van der Waals surface area contributed by atoms with Crippen molar-refractivity contribution in [1.29, 1.82) is 0 Å². The molecule has 3 nitrogen and oxygen atoms in total. The predicted octanol–water partition coefficient (Wildman–Crippen LogP) is 5.07. The highest BCUT2D eigenvalue weighted by Gasteiger charge is 2.33. The smallest absolute Gasteiger partial charge is 0.308 e. The molecule has 0 aromatic heterocycles. The zero-order valence-electron chi connectivity index (χ0n) is 16.0. The fraction of sp³-hybridized carbons (Fsp3) is 0.652. The zero-order chi connectivity index (χ0) is 18.4. The number of benzene rings is 1. The number of hydrogen-bond donors (Lipinski definition) is 0. The molecule has 0 spiro atoms. The van der Waals surface area contributed by atoms with Crippen LogP contribution in [0.15, 0.2) is 24.3 Å². The minimum atomic E-state index is -0.0104. The maximum Gasteiger partial charge on any atom is 0.308 e. The Bertz CT molecular complexity index is 576. The van der Waals surface area contributed by atoms with Gasteiger partial charge in [0.05, 0.1) is 13.0 Å². The van der Waals surface area contributed by atoms with Crippen LogP contribution >= 0.6 is 0 Å². The average Bonchev–Trinajstić information content (AvgIpc) is 2.72. The molecule has 0 unspecified atom stereocenters. The van der Waals surface area contributed by atoms with Gasteiger partial charge in [0.15, 0.2) is 0 Å². The third-order valence-electron chi connectivity index (χ3n) is 6.75. The Hall–Kier alpha value is -1.64. The Morgan fingerprint density at radius 3 is 2.08 bits per heavy atom. The van der Waals surface area contributed by atoms with E-state index in [1.165, 1.54) is 56.8 Å². The lowest BCUT2D eigenvalue weighted by atomic mass is 9.68. The van der Waals surface area contributed by atoms with Gasteiger partial charge in [-0.05, 0) is 86.7 Å². The minimum absolute atomic E-state index is 0.0104. The molecule has 3 heteroatoms. The summed E-state index contributed by atoms with van der Waals surface area (Å²) in [6, 6.07) is 8.93. The summed E-state index contributed by atoms with van der Waals surface area (Å²) in [5, 5.41) is 0. The minimum Gasteiger partial charge on any atom is -0.469 e. The quantitative estimate of drug-likeness (QED) is 0.528. The van der Waals surface area contributed by atoms with Crippen LogP contribution < -0.4 is 0 Å². The van der Waals surface area contributed by atoms with Crippen molar-refractivity contribution in [3.8, 4) is 0 Å². The Morgan fingerprint density at radius 1 is 0.962 bits per heavy atom. The van der Waals surface area contributed by atoms with Gasteiger partial charge in [-0.1, -0.05) is 24.3 Å². The summed E-state index contributed by atoms with van der Waals surface area (Å²) < 4.78 is 4.91. The van der Waals surface area contributed by atoms with Gasteiger partial charge in [-0.3, -0.25) is 4.79 Å². The van der Waals surface area contributed by atoms with E-state index in [2.05, 4.69) is 24.3 Å². The predicted molar refractivity (Wildman–Crippen MR) is 103 cm³/mol. The third kappa shape index (κ3) is 4.75. The van der Waals surface area contributed by atoms with Crippen molar-refractivity contribution in [1.82, 2.24) is 0 Å². The molecule has 2 aliphatic rings. The molecule has 0 N–H and O–H groups in total. The second-order valence-corrected chi connectivity index (χ2v) is 8.19. The van der Waals surface area contributed by atoms with Gasteiger partial charge in [-0.2, -0.15) is 0 Å². The number of rotatable bonds is 6. The molecule has 0 atom stereocenters. The molecular weight excluding hydrogens is 324 g/mol. The lowest BCUT2D eigenvalue weighted by Gasteiger charge is -2.37. The van der Waals surface area contributed by atoms with Gasteiger partial charge >= 0.3 is 5.97 Å². The van der Waals surface area contributed by atoms with Crippen LogP contribution in [0.25, 0.3) is 0 Å². The molecule has 142 valence electrons. The van der Waals surface area contributed by atoms with Gasteiger partial charge in [-0.25, -0.2) is 0 Å². The lowest BCUT2D eigenvalue weighted by molar-refractivity contribution is -0.147. The molecule has 0 radical (unpaired) electrons. The molecule has 3 rings (SSSR count). The van der Waals surface area contributed by atoms with Crippen molar-refractivity contribution in [2.45, 2.75) is 70.1 Å². The standard InChI is InChI=1S/C23H32O3/c1-26-23(25)22-14-12-21(13-15-22)20-10-8-19(9-11-20)18-6-4-17(5-7-18)3-2-16-24/h4-7,16,19-22H,2-3,8-15H2,1H3/t19-,20-,21-,22-. The maximum atomic E-state index is 11.7. The van der Waals surface area contributed by atoms with Gasteiger partial charge < -0.3 is 9.53 Å². The maximum absolute atomic E-state index is 11.7. The normalized spacial score (nSPS) is 29.1. The molecule has 1 aromatic carbocycles. The largest absolute Gasteiger partial charge is 0.469 e. The lowest BCUT2D eigenvalue weighted by Crippen LogP contribution is -2.28. The number of aryl methyl sites for hydroxylation is 1. The van der Waals surface area contributed by atoms with Crippen molar-refractivity contribution < 1.29 is 14.3 Å². The third-order valence-corrected chi connectivity index (χ3v) is 6.75. The van der Waals surface area contributed by atoms with Crippen LogP contribution in [0.4, 0.5) is 0 Å². The van der Waals surface area contributed by atoms with Crippen LogP contribution in [0.1, 0.15) is 74.8 Å². The van der Waals surface area contributed by atoms with E-state index in [-0.39, 0.29) is 11.9 Å². The number of carbonyl (C=O) groups is 2. The van der Waals surface area contributed by atoms with Crippen molar-refractivity contribution in [3.05, 3.63) is 35.4 Å². The van der Waals surface area contributed by atoms with Crippen molar-refractivity contribution in [2.24, 2.45) is 17.8 Å². The van der Waals surface area contributed by atoms with Gasteiger partial charge in [-0.15, -0.1) is 0 Å². The summed E-state index contributed by atoms with van der Waals surface area (Å²) >= 11 is 0. The van der Waals surface area contributed by atoms with Gasteiger partial charge in [0, 0.05) is 6.42 Å². The summed E-state index contributed by atoms with van der Waals surface area (Å²) in [7, 11) is 1.50. The number of esters is 1. The van der Waals surface area contributed by atoms with E-state index in [1.807, 2.05) is 0 Å². The molecule has 2 aliphatic carbocycles. The Kier molecular flexibility index (Phi) is 6.87. The highest BCUT2D eigenvalue weighted by Crippen LogP contribution is 2.44. The SMILES string of the molecule is COC(=O)[C@H]1CC[C@H]([C@H]2CC[C@H](c3ccc(CCC=O)cc3)CC2)CC1. The first kappa shape index (κ1) is 19.1. The monoisotopic (exact) mass is 356 g/mol.